The Labute approximate surface area is 136 Å². The minimum absolute atomic E-state index is 0.422. The van der Waals surface area contributed by atoms with Crippen LogP contribution in [0.1, 0.15) is 0 Å². The summed E-state index contributed by atoms with van der Waals surface area (Å²) < 4.78 is 0.468. The molecule has 1 aromatic carbocycles. The fourth-order valence-corrected chi connectivity index (χ4v) is 2.61. The largest absolute Gasteiger partial charge is 0.338 e. The number of aromatic amines is 1. The quantitative estimate of drug-likeness (QED) is 0.657. The second-order valence-corrected chi connectivity index (χ2v) is 5.59. The number of aromatic nitrogens is 3. The topological polar surface area (TPSA) is 41.6 Å². The number of rotatable bonds is 2. The van der Waals surface area contributed by atoms with Gasteiger partial charge in [0.15, 0.2) is 5.82 Å². The van der Waals surface area contributed by atoms with Crippen molar-refractivity contribution in [3.05, 3.63) is 63.3 Å². The summed E-state index contributed by atoms with van der Waals surface area (Å²) in [6, 6.07) is 13.3. The average molecular weight is 334 g/mol. The first-order valence-corrected chi connectivity index (χ1v) is 7.28. The van der Waals surface area contributed by atoms with E-state index in [1.165, 1.54) is 6.20 Å². The van der Waals surface area contributed by atoms with Crippen LogP contribution in [0.25, 0.3) is 22.8 Å². The average Bonchev–Trinajstić information content (AvgIpc) is 2.47. The van der Waals surface area contributed by atoms with Crippen molar-refractivity contribution < 1.29 is 0 Å². The molecule has 0 atom stereocenters. The van der Waals surface area contributed by atoms with E-state index in [1.807, 2.05) is 30.3 Å². The second-order valence-electron chi connectivity index (χ2n) is 4.33. The molecule has 0 saturated heterocycles. The molecule has 0 fully saturated rings. The maximum absolute atomic E-state index is 6.17. The molecule has 0 aliphatic rings. The minimum Gasteiger partial charge on any atom is -0.338 e. The van der Waals surface area contributed by atoms with Gasteiger partial charge in [0.1, 0.15) is 10.3 Å². The first-order valence-electron chi connectivity index (χ1n) is 6.12. The monoisotopic (exact) mass is 333 g/mol. The molecular formula is C15H9Cl2N3S. The van der Waals surface area contributed by atoms with Crippen LogP contribution in [0.2, 0.25) is 10.0 Å². The zero-order chi connectivity index (χ0) is 14.8. The Balaban J connectivity index is 2.16. The predicted molar refractivity (Wildman–Crippen MR) is 88.1 cm³/mol. The van der Waals surface area contributed by atoms with E-state index in [1.54, 1.807) is 12.1 Å². The molecule has 0 unspecified atom stereocenters. The lowest BCUT2D eigenvalue weighted by atomic mass is 10.1. The Hall–Kier alpha value is -1.75. The van der Waals surface area contributed by atoms with E-state index in [2.05, 4.69) is 15.0 Å². The van der Waals surface area contributed by atoms with E-state index in [0.717, 1.165) is 11.3 Å². The van der Waals surface area contributed by atoms with E-state index in [9.17, 15) is 0 Å². The summed E-state index contributed by atoms with van der Waals surface area (Å²) in [4.78, 5) is 11.7. The maximum Gasteiger partial charge on any atom is 0.159 e. The highest BCUT2D eigenvalue weighted by atomic mass is 35.5. The number of H-pyrrole nitrogens is 1. The van der Waals surface area contributed by atoms with E-state index in [4.69, 9.17) is 35.4 Å². The molecule has 0 radical (unpaired) electrons. The van der Waals surface area contributed by atoms with Gasteiger partial charge in [0.25, 0.3) is 0 Å². The first-order chi connectivity index (χ1) is 10.1. The van der Waals surface area contributed by atoms with Crippen molar-refractivity contribution in [3.8, 4) is 22.8 Å². The van der Waals surface area contributed by atoms with Gasteiger partial charge in [-0.1, -0.05) is 65.8 Å². The van der Waals surface area contributed by atoms with Crippen LogP contribution >= 0.6 is 35.4 Å². The van der Waals surface area contributed by atoms with Crippen molar-refractivity contribution in [1.29, 1.82) is 0 Å². The molecule has 6 heteroatoms. The molecule has 21 heavy (non-hydrogen) atoms. The normalized spacial score (nSPS) is 10.6. The van der Waals surface area contributed by atoms with Crippen LogP contribution < -0.4 is 0 Å². The van der Waals surface area contributed by atoms with E-state index in [-0.39, 0.29) is 0 Å². The van der Waals surface area contributed by atoms with Gasteiger partial charge in [-0.15, -0.1) is 0 Å². The molecule has 1 N–H and O–H groups in total. The van der Waals surface area contributed by atoms with E-state index < -0.39 is 0 Å². The van der Waals surface area contributed by atoms with Crippen LogP contribution in [-0.4, -0.2) is 15.0 Å². The summed E-state index contributed by atoms with van der Waals surface area (Å²) in [5.74, 6) is 0.517. The number of pyridine rings is 1. The van der Waals surface area contributed by atoms with Crippen LogP contribution in [0.4, 0.5) is 0 Å². The lowest BCUT2D eigenvalue weighted by Gasteiger charge is -2.07. The van der Waals surface area contributed by atoms with Crippen LogP contribution in [-0.2, 0) is 0 Å². The number of nitrogens with one attached hydrogen (secondary N) is 1. The lowest BCUT2D eigenvalue weighted by molar-refractivity contribution is 1.13. The van der Waals surface area contributed by atoms with Gasteiger partial charge < -0.3 is 4.98 Å². The fraction of sp³-hybridized carbons (Fsp3) is 0. The molecule has 0 saturated carbocycles. The number of halogens is 2. The van der Waals surface area contributed by atoms with Gasteiger partial charge in [-0.3, -0.25) is 0 Å². The summed E-state index contributed by atoms with van der Waals surface area (Å²) in [5, 5.41) is 0.896. The standard InChI is InChI=1S/C15H9Cl2N3S/c16-10-6-11(17)14(18-8-10)15-19-12(7-13(21)20-15)9-4-2-1-3-5-9/h1-8H,(H,19,20,21). The molecule has 104 valence electrons. The highest BCUT2D eigenvalue weighted by Gasteiger charge is 2.10. The third kappa shape index (κ3) is 3.13. The smallest absolute Gasteiger partial charge is 0.159 e. The Morgan fingerprint density at radius 2 is 1.81 bits per heavy atom. The second kappa shape index (κ2) is 5.93. The third-order valence-electron chi connectivity index (χ3n) is 2.86. The highest BCUT2D eigenvalue weighted by Crippen LogP contribution is 2.27. The van der Waals surface area contributed by atoms with Gasteiger partial charge in [-0.2, -0.15) is 0 Å². The summed E-state index contributed by atoms with van der Waals surface area (Å²) >= 11 is 17.3. The number of hydrogen-bond acceptors (Lipinski definition) is 3. The van der Waals surface area contributed by atoms with Crippen molar-refractivity contribution in [1.82, 2.24) is 15.0 Å². The molecule has 0 aliphatic carbocycles. The fourth-order valence-electron chi connectivity index (χ4n) is 1.93. The number of benzene rings is 1. The number of nitrogens with zero attached hydrogens (tertiary/aromatic N) is 2. The van der Waals surface area contributed by atoms with Crippen molar-refractivity contribution >= 4 is 35.4 Å². The van der Waals surface area contributed by atoms with E-state index >= 15 is 0 Å². The SMILES string of the molecule is S=c1cc(-c2ccccc2)[nH]c(-c2ncc(Cl)cc2Cl)n1. The zero-order valence-electron chi connectivity index (χ0n) is 10.7. The first kappa shape index (κ1) is 14.2. The van der Waals surface area contributed by atoms with Crippen LogP contribution in [0.15, 0.2) is 48.7 Å². The van der Waals surface area contributed by atoms with Gasteiger partial charge in [-0.25, -0.2) is 9.97 Å². The van der Waals surface area contributed by atoms with Gasteiger partial charge in [0, 0.05) is 11.9 Å². The Morgan fingerprint density at radius 1 is 1.05 bits per heavy atom. The molecule has 0 amide bonds. The summed E-state index contributed by atoms with van der Waals surface area (Å²) in [6.07, 6.45) is 1.52. The molecular weight excluding hydrogens is 325 g/mol. The van der Waals surface area contributed by atoms with Crippen LogP contribution in [0.5, 0.6) is 0 Å². The van der Waals surface area contributed by atoms with Crippen molar-refractivity contribution in [2.24, 2.45) is 0 Å². The highest BCUT2D eigenvalue weighted by molar-refractivity contribution is 7.71. The van der Waals surface area contributed by atoms with Gasteiger partial charge in [0.05, 0.1) is 10.0 Å². The van der Waals surface area contributed by atoms with Crippen molar-refractivity contribution in [3.63, 3.8) is 0 Å². The van der Waals surface area contributed by atoms with Gasteiger partial charge in [0.2, 0.25) is 0 Å². The Kier molecular flexibility index (Phi) is 4.01. The van der Waals surface area contributed by atoms with Crippen LogP contribution in [0.3, 0.4) is 0 Å². The molecule has 2 heterocycles. The molecule has 0 bridgehead atoms. The lowest BCUT2D eigenvalue weighted by Crippen LogP contribution is -1.95. The predicted octanol–water partition coefficient (Wildman–Crippen LogP) is 5.17. The minimum atomic E-state index is 0.422. The van der Waals surface area contributed by atoms with Gasteiger partial charge in [-0.05, 0) is 17.7 Å². The number of hydrogen-bond donors (Lipinski definition) is 1. The molecule has 0 spiro atoms. The van der Waals surface area contributed by atoms with Gasteiger partial charge >= 0.3 is 0 Å². The molecule has 0 aliphatic heterocycles. The summed E-state index contributed by atoms with van der Waals surface area (Å²) in [5.41, 5.74) is 2.39. The molecule has 3 nitrogen and oxygen atoms in total. The summed E-state index contributed by atoms with van der Waals surface area (Å²) in [7, 11) is 0. The third-order valence-corrected chi connectivity index (χ3v) is 3.56. The van der Waals surface area contributed by atoms with E-state index in [0.29, 0.717) is 26.2 Å². The molecule has 3 rings (SSSR count). The Morgan fingerprint density at radius 3 is 2.52 bits per heavy atom. The maximum atomic E-state index is 6.17. The van der Waals surface area contributed by atoms with Crippen molar-refractivity contribution in [2.75, 3.05) is 0 Å². The van der Waals surface area contributed by atoms with Crippen LogP contribution in [0, 0.1) is 4.64 Å². The molecule has 2 aromatic heterocycles. The Bertz CT molecular complexity index is 847. The summed E-state index contributed by atoms with van der Waals surface area (Å²) in [6.45, 7) is 0. The zero-order valence-corrected chi connectivity index (χ0v) is 13.0. The molecule has 3 aromatic rings. The van der Waals surface area contributed by atoms with Crippen molar-refractivity contribution in [2.45, 2.75) is 0 Å².